The van der Waals surface area contributed by atoms with Gasteiger partial charge in [-0.15, -0.1) is 0 Å². The fourth-order valence-electron chi connectivity index (χ4n) is 10.5. The lowest BCUT2D eigenvalue weighted by Gasteiger charge is -2.47. The number of likely N-dealkylation sites (tertiary alicyclic amines) is 2. The molecule has 2 atom stereocenters. The van der Waals surface area contributed by atoms with E-state index in [0.29, 0.717) is 44.1 Å². The van der Waals surface area contributed by atoms with Crippen LogP contribution in [-0.4, -0.2) is 135 Å². The fourth-order valence-corrected chi connectivity index (χ4v) is 10.5. The summed E-state index contributed by atoms with van der Waals surface area (Å²) in [6.45, 7) is 7.96. The van der Waals surface area contributed by atoms with Crippen molar-refractivity contribution >= 4 is 52.1 Å². The maximum absolute atomic E-state index is 13.8. The molecule has 332 valence electrons. The normalized spacial score (nSPS) is 24.6. The number of allylic oxidation sites excluding steroid dienone is 1. The molecule has 0 spiro atoms. The number of hydrogen-bond acceptors (Lipinski definition) is 13. The minimum absolute atomic E-state index is 0.0220. The molecule has 7 heterocycles. The van der Waals surface area contributed by atoms with Crippen molar-refractivity contribution < 1.29 is 33.1 Å². The van der Waals surface area contributed by atoms with Crippen LogP contribution in [0.15, 0.2) is 60.1 Å². The van der Waals surface area contributed by atoms with Crippen LogP contribution in [0.25, 0.3) is 22.4 Å². The average molecular weight is 871 g/mol. The van der Waals surface area contributed by atoms with Crippen LogP contribution in [0, 0.1) is 17.7 Å². The number of anilines is 2. The number of hydrogen-bond donors (Lipinski definition) is 2. The van der Waals surface area contributed by atoms with E-state index >= 15 is 0 Å². The van der Waals surface area contributed by atoms with Gasteiger partial charge < -0.3 is 25.2 Å². The van der Waals surface area contributed by atoms with Crippen LogP contribution in [0.1, 0.15) is 85.0 Å². The quantitative estimate of drug-likeness (QED) is 0.179. The summed E-state index contributed by atoms with van der Waals surface area (Å²) in [4.78, 5) is 81.1. The second-order valence-electron chi connectivity index (χ2n) is 18.1. The van der Waals surface area contributed by atoms with Gasteiger partial charge >= 0.3 is 0 Å². The molecule has 3 amide bonds. The van der Waals surface area contributed by atoms with E-state index in [1.807, 2.05) is 10.9 Å². The molecule has 2 N–H and O–H groups in total. The number of aromatic nitrogens is 4. The van der Waals surface area contributed by atoms with Gasteiger partial charge in [0.2, 0.25) is 5.91 Å². The molecule has 4 aromatic rings. The highest BCUT2D eigenvalue weighted by Crippen LogP contribution is 2.37. The molecule has 6 aliphatic rings. The molecule has 64 heavy (non-hydrogen) atoms. The summed E-state index contributed by atoms with van der Waals surface area (Å²) >= 11 is 0. The average Bonchev–Trinajstić information content (AvgIpc) is 3.84. The van der Waals surface area contributed by atoms with Crippen LogP contribution in [0.3, 0.4) is 0 Å². The number of piperidine rings is 2. The van der Waals surface area contributed by atoms with Crippen molar-refractivity contribution in [1.29, 1.82) is 0 Å². The van der Waals surface area contributed by atoms with E-state index in [1.54, 1.807) is 42.2 Å². The van der Waals surface area contributed by atoms with Gasteiger partial charge in [-0.3, -0.25) is 24.2 Å². The van der Waals surface area contributed by atoms with E-state index in [-0.39, 0.29) is 65.1 Å². The van der Waals surface area contributed by atoms with Crippen molar-refractivity contribution in [2.75, 3.05) is 62.7 Å². The summed E-state index contributed by atoms with van der Waals surface area (Å²) in [5.74, 6) is 4.25. The maximum Gasteiger partial charge on any atom is 0.262 e. The smallest absolute Gasteiger partial charge is 0.262 e. The van der Waals surface area contributed by atoms with Crippen LogP contribution >= 0.6 is 0 Å². The number of benzene rings is 2. The number of halogens is 1. The van der Waals surface area contributed by atoms with Gasteiger partial charge in [0, 0.05) is 68.9 Å². The van der Waals surface area contributed by atoms with E-state index in [2.05, 4.69) is 32.3 Å². The van der Waals surface area contributed by atoms with Gasteiger partial charge in [0.05, 0.1) is 54.0 Å². The summed E-state index contributed by atoms with van der Waals surface area (Å²) in [5, 5.41) is 11.9. The second-order valence-corrected chi connectivity index (χ2v) is 18.1. The largest absolute Gasteiger partial charge is 0.385 e. The molecule has 1 unspecified atom stereocenters. The molecule has 4 saturated heterocycles. The summed E-state index contributed by atoms with van der Waals surface area (Å²) < 4.78 is 21.6. The first-order valence-electron chi connectivity index (χ1n) is 22.6. The zero-order chi connectivity index (χ0) is 44.1. The zero-order valence-corrected chi connectivity index (χ0v) is 35.8. The molecule has 17 heteroatoms. The number of nitrogens with zero attached hydrogens (tertiary/aromatic N) is 8. The lowest BCUT2D eigenvalue weighted by Crippen LogP contribution is -2.56. The third kappa shape index (κ3) is 7.76. The van der Waals surface area contributed by atoms with Crippen molar-refractivity contribution in [3.63, 3.8) is 0 Å². The molecule has 0 radical (unpaired) electrons. The minimum Gasteiger partial charge on any atom is -0.385 e. The molecule has 1 saturated carbocycles. The predicted molar refractivity (Wildman–Crippen MR) is 234 cm³/mol. The highest BCUT2D eigenvalue weighted by Gasteiger charge is 2.44. The number of nitrogens with one attached hydrogen (secondary N) is 2. The number of amides is 3. The van der Waals surface area contributed by atoms with Gasteiger partial charge in [-0.2, -0.15) is 5.10 Å². The molecule has 1 aliphatic carbocycles. The summed E-state index contributed by atoms with van der Waals surface area (Å²) in [5.41, 5.74) is 2.98. The molecule has 16 nitrogen and oxygen atoms in total. The first-order chi connectivity index (χ1) is 31.2. The highest BCUT2D eigenvalue weighted by molar-refractivity contribution is 6.22. The molecule has 0 bridgehead atoms. The Hall–Kier alpha value is -6.25. The van der Waals surface area contributed by atoms with Gasteiger partial charge in [0.1, 0.15) is 34.9 Å². The van der Waals surface area contributed by atoms with Crippen molar-refractivity contribution in [2.45, 2.75) is 82.5 Å². The molecule has 2 aromatic carbocycles. The number of fused-ring (bicyclic) bond motifs is 2. The van der Waals surface area contributed by atoms with E-state index in [4.69, 9.17) is 19.8 Å². The van der Waals surface area contributed by atoms with Gasteiger partial charge in [-0.1, -0.05) is 0 Å². The van der Waals surface area contributed by atoms with Crippen LogP contribution in [0.2, 0.25) is 0 Å². The van der Waals surface area contributed by atoms with E-state index in [0.717, 1.165) is 97.7 Å². The number of imide groups is 1. The zero-order valence-electron chi connectivity index (χ0n) is 35.8. The molecule has 5 fully saturated rings. The monoisotopic (exact) mass is 870 g/mol. The Morgan fingerprint density at radius 2 is 1.67 bits per heavy atom. The Morgan fingerprint density at radius 3 is 2.41 bits per heavy atom. The number of morpholine rings is 1. The second kappa shape index (κ2) is 17.4. The van der Waals surface area contributed by atoms with Crippen molar-refractivity contribution in [3.8, 4) is 11.4 Å². The molecule has 10 rings (SSSR count). The standard InChI is InChI=1S/C47H51FN10O6/c1-28-27-64-19-18-56(28)43-39-22-50-58(44(39)53-42(52-43)30-6-8-32(48)9-7-30)36-23-55(24-36)35-14-16-54(17-15-35)45(61)31-4-2-29(3-5-31)21-49-33-10-12-37-38(20-33)47(63)57(46(37)62)41-13-11-34(25-59)51-40(41)26-60/h6-10,12,20,22,28-29,31,35-36,41,49,51H,2-5,11,13-19,21,23-24,27H2,1H3/t28-,29-,31-,41?/m0/s1. The van der Waals surface area contributed by atoms with Crippen LogP contribution in [0.4, 0.5) is 15.9 Å². The first-order valence-corrected chi connectivity index (χ1v) is 22.6. The van der Waals surface area contributed by atoms with E-state index < -0.39 is 17.9 Å². The Kier molecular flexibility index (Phi) is 11.3. The summed E-state index contributed by atoms with van der Waals surface area (Å²) in [7, 11) is 0. The molecular formula is C47H51FN10O6. The Balaban J connectivity index is 0.701. The van der Waals surface area contributed by atoms with Crippen molar-refractivity contribution in [1.82, 2.24) is 39.8 Å². The SMILES string of the molecule is C[C@H]1COCCN1c1nc(-c2ccc(F)cc2)nc2c1cnn2C1CN(C2CCN(C(=O)[C@H]3CC[C@H](CNc4ccc5c(c4)C(=O)N(C4CCC(=C=O)NC4=C=O)C5=O)CC3)CC2)C1. The lowest BCUT2D eigenvalue weighted by atomic mass is 9.81. The van der Waals surface area contributed by atoms with Gasteiger partial charge in [-0.25, -0.2) is 28.6 Å². The number of ether oxygens (including phenoxy) is 1. The number of carbonyl (C=O) groups is 3. The Bertz CT molecular complexity index is 2580. The molecule has 5 aliphatic heterocycles. The molecular weight excluding hydrogens is 820 g/mol. The highest BCUT2D eigenvalue weighted by atomic mass is 19.1. The topological polar surface area (TPSA) is 175 Å². The van der Waals surface area contributed by atoms with Crippen LogP contribution < -0.4 is 15.5 Å². The van der Waals surface area contributed by atoms with E-state index in [1.165, 1.54) is 12.1 Å². The fraction of sp³-hybridized carbons (Fsp3) is 0.489. The van der Waals surface area contributed by atoms with Crippen LogP contribution in [-0.2, 0) is 19.1 Å². The van der Waals surface area contributed by atoms with Gasteiger partial charge in [-0.05, 0) is 100 Å². The maximum atomic E-state index is 13.8. The Morgan fingerprint density at radius 1 is 0.906 bits per heavy atom. The van der Waals surface area contributed by atoms with Gasteiger partial charge in [0.15, 0.2) is 11.5 Å². The molecule has 2 aromatic heterocycles. The predicted octanol–water partition coefficient (Wildman–Crippen LogP) is 4.40. The number of carbonyl (C=O) groups excluding carboxylic acids is 5. The summed E-state index contributed by atoms with van der Waals surface area (Å²) in [6.07, 6.45) is 7.76. The van der Waals surface area contributed by atoms with Gasteiger partial charge in [0.25, 0.3) is 11.8 Å². The first kappa shape index (κ1) is 41.7. The van der Waals surface area contributed by atoms with Crippen LogP contribution in [0.5, 0.6) is 0 Å². The summed E-state index contributed by atoms with van der Waals surface area (Å²) in [6, 6.07) is 11.3. The number of rotatable bonds is 9. The lowest BCUT2D eigenvalue weighted by molar-refractivity contribution is -0.138. The van der Waals surface area contributed by atoms with Crippen molar-refractivity contribution in [3.05, 3.63) is 77.0 Å². The van der Waals surface area contributed by atoms with E-state index in [9.17, 15) is 28.4 Å². The third-order valence-corrected chi connectivity index (χ3v) is 14.2. The Labute approximate surface area is 369 Å². The third-order valence-electron chi connectivity index (χ3n) is 14.2. The van der Waals surface area contributed by atoms with Crippen molar-refractivity contribution in [2.24, 2.45) is 11.8 Å². The minimum atomic E-state index is -0.826.